The summed E-state index contributed by atoms with van der Waals surface area (Å²) < 4.78 is 0. The van der Waals surface area contributed by atoms with E-state index in [1.165, 1.54) is 10.8 Å². The number of anilines is 1. The van der Waals surface area contributed by atoms with Crippen LogP contribution < -0.4 is 16.0 Å². The number of hydrogen-bond acceptors (Lipinski definition) is 3. The van der Waals surface area contributed by atoms with E-state index in [1.807, 2.05) is 25.1 Å². The van der Waals surface area contributed by atoms with Gasteiger partial charge in [-0.05, 0) is 41.5 Å². The van der Waals surface area contributed by atoms with Crippen LogP contribution in [0.1, 0.15) is 28.9 Å². The highest BCUT2D eigenvalue weighted by atomic mass is 16.2. The molecular formula is C22H23N3O2. The Bertz CT molecular complexity index is 963. The van der Waals surface area contributed by atoms with Gasteiger partial charge in [0, 0.05) is 24.3 Å². The zero-order valence-corrected chi connectivity index (χ0v) is 15.5. The molecule has 1 atom stereocenters. The number of fused-ring (bicyclic) bond motifs is 1. The highest BCUT2D eigenvalue weighted by molar-refractivity contribution is 5.97. The molecule has 0 heterocycles. The largest absolute Gasteiger partial charge is 0.355 e. The molecule has 0 aliphatic carbocycles. The summed E-state index contributed by atoms with van der Waals surface area (Å²) in [5.74, 6) is -0.343. The molecule has 0 bridgehead atoms. The fourth-order valence-electron chi connectivity index (χ4n) is 3.07. The molecule has 0 aromatic heterocycles. The summed E-state index contributed by atoms with van der Waals surface area (Å²) in [6.07, 6.45) is 0. The molecule has 27 heavy (non-hydrogen) atoms. The van der Waals surface area contributed by atoms with Crippen molar-refractivity contribution in [3.05, 3.63) is 77.9 Å². The van der Waals surface area contributed by atoms with Gasteiger partial charge in [0.15, 0.2) is 0 Å². The Morgan fingerprint density at radius 2 is 1.70 bits per heavy atom. The van der Waals surface area contributed by atoms with Crippen LogP contribution in [0.5, 0.6) is 0 Å². The first kappa shape index (κ1) is 18.6. The first-order valence-electron chi connectivity index (χ1n) is 8.91. The molecule has 0 aliphatic rings. The Hall–Kier alpha value is -3.18. The lowest BCUT2D eigenvalue weighted by Crippen LogP contribution is -2.30. The van der Waals surface area contributed by atoms with E-state index in [0.29, 0.717) is 11.3 Å². The molecule has 0 saturated heterocycles. The van der Waals surface area contributed by atoms with Gasteiger partial charge in [0.05, 0.1) is 6.54 Å². The summed E-state index contributed by atoms with van der Waals surface area (Å²) in [7, 11) is 1.58. The van der Waals surface area contributed by atoms with Crippen LogP contribution in [0.2, 0.25) is 0 Å². The van der Waals surface area contributed by atoms with Crippen molar-refractivity contribution in [3.63, 3.8) is 0 Å². The molecule has 0 spiro atoms. The van der Waals surface area contributed by atoms with Gasteiger partial charge in [-0.2, -0.15) is 0 Å². The fraction of sp³-hybridized carbons (Fsp3) is 0.182. The molecule has 0 radical (unpaired) electrons. The number of carbonyl (C=O) groups is 2. The summed E-state index contributed by atoms with van der Waals surface area (Å²) >= 11 is 0. The van der Waals surface area contributed by atoms with Gasteiger partial charge in [0.2, 0.25) is 5.91 Å². The van der Waals surface area contributed by atoms with E-state index < -0.39 is 0 Å². The average molecular weight is 361 g/mol. The predicted octanol–water partition coefficient (Wildman–Crippen LogP) is 3.49. The molecular weight excluding hydrogens is 338 g/mol. The van der Waals surface area contributed by atoms with E-state index in [0.717, 1.165) is 5.56 Å². The van der Waals surface area contributed by atoms with Gasteiger partial charge >= 0.3 is 0 Å². The van der Waals surface area contributed by atoms with Crippen LogP contribution in [0.25, 0.3) is 10.8 Å². The number of carbonyl (C=O) groups excluding carboxylic acids is 2. The second-order valence-electron chi connectivity index (χ2n) is 6.38. The normalized spacial score (nSPS) is 11.8. The summed E-state index contributed by atoms with van der Waals surface area (Å²) in [5.41, 5.74) is 2.26. The minimum atomic E-state index is -0.186. The number of amides is 2. The highest BCUT2D eigenvalue weighted by Crippen LogP contribution is 2.23. The third kappa shape index (κ3) is 4.51. The molecule has 3 aromatic carbocycles. The lowest BCUT2D eigenvalue weighted by atomic mass is 10.00. The maximum atomic E-state index is 12.3. The zero-order valence-electron chi connectivity index (χ0n) is 15.5. The average Bonchev–Trinajstić information content (AvgIpc) is 2.71. The molecule has 3 N–H and O–H groups in total. The van der Waals surface area contributed by atoms with E-state index in [4.69, 9.17) is 0 Å². The first-order valence-corrected chi connectivity index (χ1v) is 8.91. The lowest BCUT2D eigenvalue weighted by molar-refractivity contribution is -0.115. The summed E-state index contributed by atoms with van der Waals surface area (Å²) in [4.78, 5) is 24.0. The Kier molecular flexibility index (Phi) is 5.84. The quantitative estimate of drug-likeness (QED) is 0.629. The van der Waals surface area contributed by atoms with Gasteiger partial charge in [-0.1, -0.05) is 48.5 Å². The summed E-state index contributed by atoms with van der Waals surface area (Å²) in [6, 6.07) is 21.3. The van der Waals surface area contributed by atoms with E-state index in [1.54, 1.807) is 31.3 Å². The topological polar surface area (TPSA) is 70.2 Å². The van der Waals surface area contributed by atoms with Crippen molar-refractivity contribution in [1.29, 1.82) is 0 Å². The molecule has 138 valence electrons. The van der Waals surface area contributed by atoms with Crippen LogP contribution in [-0.2, 0) is 4.79 Å². The SMILES string of the molecule is CNC(=O)c1cccc(NC(=O)CN[C@@H](C)c2cccc3ccccc23)c1. The third-order valence-corrected chi connectivity index (χ3v) is 4.49. The molecule has 2 amide bonds. The van der Waals surface area contributed by atoms with Crippen LogP contribution in [-0.4, -0.2) is 25.4 Å². The molecule has 5 nitrogen and oxygen atoms in total. The number of benzene rings is 3. The Morgan fingerprint density at radius 1 is 0.963 bits per heavy atom. The van der Waals surface area contributed by atoms with Crippen LogP contribution in [0.15, 0.2) is 66.7 Å². The maximum Gasteiger partial charge on any atom is 0.251 e. The smallest absolute Gasteiger partial charge is 0.251 e. The number of nitrogens with one attached hydrogen (secondary N) is 3. The van der Waals surface area contributed by atoms with E-state index in [2.05, 4.69) is 40.2 Å². The van der Waals surface area contributed by atoms with Gasteiger partial charge < -0.3 is 16.0 Å². The van der Waals surface area contributed by atoms with E-state index >= 15 is 0 Å². The molecule has 5 heteroatoms. The van der Waals surface area contributed by atoms with Gasteiger partial charge in [0.25, 0.3) is 5.91 Å². The van der Waals surface area contributed by atoms with Crippen molar-refractivity contribution in [2.75, 3.05) is 18.9 Å². The zero-order chi connectivity index (χ0) is 19.2. The molecule has 0 aliphatic heterocycles. The van der Waals surface area contributed by atoms with Gasteiger partial charge in [-0.3, -0.25) is 9.59 Å². The molecule has 0 saturated carbocycles. The fourth-order valence-corrected chi connectivity index (χ4v) is 3.07. The minimum absolute atomic E-state index is 0.0269. The number of hydrogen-bond donors (Lipinski definition) is 3. The van der Waals surface area contributed by atoms with Crippen molar-refractivity contribution < 1.29 is 9.59 Å². The molecule has 3 aromatic rings. The van der Waals surface area contributed by atoms with E-state index in [9.17, 15) is 9.59 Å². The van der Waals surface area contributed by atoms with Gasteiger partial charge in [-0.25, -0.2) is 0 Å². The van der Waals surface area contributed by atoms with Crippen molar-refractivity contribution in [2.24, 2.45) is 0 Å². The standard InChI is InChI=1S/C22H23N3O2/c1-15(19-12-6-8-16-7-3-4-11-20(16)19)24-14-21(26)25-18-10-5-9-17(13-18)22(27)23-2/h3-13,15,24H,14H2,1-2H3,(H,23,27)(H,25,26)/t15-/m0/s1. The van der Waals surface area contributed by atoms with Gasteiger partial charge in [-0.15, -0.1) is 0 Å². The lowest BCUT2D eigenvalue weighted by Gasteiger charge is -2.16. The Morgan fingerprint density at radius 3 is 2.52 bits per heavy atom. The van der Waals surface area contributed by atoms with Crippen LogP contribution in [0.4, 0.5) is 5.69 Å². The monoisotopic (exact) mass is 361 g/mol. The number of rotatable bonds is 6. The molecule has 0 unspecified atom stereocenters. The summed E-state index contributed by atoms with van der Waals surface area (Å²) in [6.45, 7) is 2.22. The first-order chi connectivity index (χ1) is 13.1. The van der Waals surface area contributed by atoms with E-state index in [-0.39, 0.29) is 24.4 Å². The highest BCUT2D eigenvalue weighted by Gasteiger charge is 2.11. The van der Waals surface area contributed by atoms with Crippen molar-refractivity contribution in [2.45, 2.75) is 13.0 Å². The van der Waals surface area contributed by atoms with Crippen LogP contribution in [0.3, 0.4) is 0 Å². The minimum Gasteiger partial charge on any atom is -0.355 e. The molecule has 3 rings (SSSR count). The second-order valence-corrected chi connectivity index (χ2v) is 6.38. The second kappa shape index (κ2) is 8.47. The van der Waals surface area contributed by atoms with Crippen molar-refractivity contribution in [1.82, 2.24) is 10.6 Å². The van der Waals surface area contributed by atoms with Crippen molar-refractivity contribution in [3.8, 4) is 0 Å². The maximum absolute atomic E-state index is 12.3. The van der Waals surface area contributed by atoms with Crippen molar-refractivity contribution >= 4 is 28.3 Å². The van der Waals surface area contributed by atoms with Gasteiger partial charge in [0.1, 0.15) is 0 Å². The Labute approximate surface area is 158 Å². The summed E-state index contributed by atoms with van der Waals surface area (Å²) in [5, 5.41) is 11.0. The third-order valence-electron chi connectivity index (χ3n) is 4.49. The predicted molar refractivity (Wildman–Crippen MR) is 109 cm³/mol. The van der Waals surface area contributed by atoms with Crippen LogP contribution >= 0.6 is 0 Å². The van der Waals surface area contributed by atoms with Crippen LogP contribution in [0, 0.1) is 0 Å². The Balaban J connectivity index is 1.63. The molecule has 0 fully saturated rings.